The number of carbonyl (C=O) groups is 2. The van der Waals surface area contributed by atoms with Crippen molar-refractivity contribution in [3.63, 3.8) is 0 Å². The first-order chi connectivity index (χ1) is 18.6. The number of hydrogen-bond donors (Lipinski definition) is 0. The lowest BCUT2D eigenvalue weighted by Crippen LogP contribution is -2.42. The molecule has 1 aliphatic rings. The highest BCUT2D eigenvalue weighted by Gasteiger charge is 2.23. The summed E-state index contributed by atoms with van der Waals surface area (Å²) in [6.45, 7) is 5.04. The third kappa shape index (κ3) is 5.95. The van der Waals surface area contributed by atoms with Crippen molar-refractivity contribution in [2.24, 2.45) is 0 Å². The highest BCUT2D eigenvalue weighted by molar-refractivity contribution is 7.09. The Bertz CT molecular complexity index is 1400. The third-order valence-electron chi connectivity index (χ3n) is 6.29. The van der Waals surface area contributed by atoms with Gasteiger partial charge < -0.3 is 19.3 Å². The van der Waals surface area contributed by atoms with Gasteiger partial charge in [-0.15, -0.1) is 17.9 Å². The number of hydrogen-bond acceptors (Lipinski definition) is 5. The van der Waals surface area contributed by atoms with Crippen molar-refractivity contribution in [2.75, 3.05) is 19.9 Å². The molecule has 0 saturated carbocycles. The van der Waals surface area contributed by atoms with Crippen LogP contribution in [0.25, 0.3) is 11.1 Å². The molecule has 0 aliphatic carbocycles. The van der Waals surface area contributed by atoms with E-state index in [2.05, 4.69) is 6.58 Å². The molecule has 6 nitrogen and oxygen atoms in total. The average Bonchev–Trinajstić information content (AvgIpc) is 3.64. The van der Waals surface area contributed by atoms with Crippen molar-refractivity contribution >= 4 is 23.2 Å². The molecule has 1 aromatic heterocycles. The average molecular weight is 525 g/mol. The van der Waals surface area contributed by atoms with Crippen LogP contribution < -0.4 is 9.47 Å². The molecule has 0 N–H and O–H groups in total. The summed E-state index contributed by atoms with van der Waals surface area (Å²) in [5, 5.41) is 1.99. The molecule has 0 atom stereocenters. The summed E-state index contributed by atoms with van der Waals surface area (Å²) in [5.41, 5.74) is 3.56. The van der Waals surface area contributed by atoms with Crippen LogP contribution in [-0.2, 0) is 17.9 Å². The Morgan fingerprint density at radius 1 is 0.842 bits per heavy atom. The van der Waals surface area contributed by atoms with Gasteiger partial charge >= 0.3 is 0 Å². The van der Waals surface area contributed by atoms with E-state index in [1.807, 2.05) is 78.2 Å². The molecular weight excluding hydrogens is 496 g/mol. The van der Waals surface area contributed by atoms with Crippen molar-refractivity contribution in [3.05, 3.63) is 119 Å². The van der Waals surface area contributed by atoms with Crippen LogP contribution in [-0.4, -0.2) is 41.5 Å². The summed E-state index contributed by atoms with van der Waals surface area (Å²) in [6.07, 6.45) is 1.64. The van der Waals surface area contributed by atoms with Crippen LogP contribution in [0.1, 0.15) is 20.8 Å². The summed E-state index contributed by atoms with van der Waals surface area (Å²) in [4.78, 5) is 31.4. The monoisotopic (exact) mass is 524 g/mol. The predicted octanol–water partition coefficient (Wildman–Crippen LogP) is 6.00. The van der Waals surface area contributed by atoms with Gasteiger partial charge in [0.15, 0.2) is 11.5 Å². The van der Waals surface area contributed by atoms with Crippen LogP contribution in [0.3, 0.4) is 0 Å². The lowest BCUT2D eigenvalue weighted by atomic mass is 10.0. The Hall–Kier alpha value is -4.36. The maximum atomic E-state index is 13.6. The van der Waals surface area contributed by atoms with Crippen molar-refractivity contribution in [2.45, 2.75) is 13.1 Å². The highest BCUT2D eigenvalue weighted by atomic mass is 32.1. The molecule has 5 rings (SSSR count). The molecule has 0 saturated heterocycles. The first-order valence-corrected chi connectivity index (χ1v) is 13.2. The van der Waals surface area contributed by atoms with E-state index in [4.69, 9.17) is 9.47 Å². The van der Waals surface area contributed by atoms with Gasteiger partial charge in [-0.05, 0) is 52.4 Å². The molecule has 0 fully saturated rings. The van der Waals surface area contributed by atoms with Crippen molar-refractivity contribution in [3.8, 4) is 22.6 Å². The molecular formula is C31H28N2O4S. The van der Waals surface area contributed by atoms with Gasteiger partial charge in [0.05, 0.1) is 6.54 Å². The largest absolute Gasteiger partial charge is 0.454 e. The molecule has 0 bridgehead atoms. The van der Waals surface area contributed by atoms with Crippen molar-refractivity contribution < 1.29 is 19.1 Å². The van der Waals surface area contributed by atoms with Gasteiger partial charge in [0, 0.05) is 23.5 Å². The number of amides is 2. The maximum Gasteiger partial charge on any atom is 0.254 e. The Kier molecular flexibility index (Phi) is 7.85. The van der Waals surface area contributed by atoms with Crippen molar-refractivity contribution in [1.82, 2.24) is 9.80 Å². The van der Waals surface area contributed by atoms with Crippen LogP contribution in [0, 0.1) is 0 Å². The SMILES string of the molecule is C=CCN(CC(=O)N(Cc1ccc2c(c1)OCO2)Cc1cccs1)C(=O)c1ccc(-c2ccccc2)cc1. The zero-order valence-corrected chi connectivity index (χ0v) is 21.7. The highest BCUT2D eigenvalue weighted by Crippen LogP contribution is 2.33. The van der Waals surface area contributed by atoms with E-state index in [0.29, 0.717) is 30.2 Å². The summed E-state index contributed by atoms with van der Waals surface area (Å²) >= 11 is 1.60. The van der Waals surface area contributed by atoms with E-state index in [-0.39, 0.29) is 31.7 Å². The van der Waals surface area contributed by atoms with Gasteiger partial charge in [0.2, 0.25) is 12.7 Å². The summed E-state index contributed by atoms with van der Waals surface area (Å²) in [5.74, 6) is 1.02. The minimum Gasteiger partial charge on any atom is -0.454 e. The van der Waals surface area contributed by atoms with Crippen molar-refractivity contribution in [1.29, 1.82) is 0 Å². The van der Waals surface area contributed by atoms with Gasteiger partial charge in [-0.3, -0.25) is 9.59 Å². The molecule has 4 aromatic rings. The molecule has 38 heavy (non-hydrogen) atoms. The normalized spacial score (nSPS) is 11.7. The minimum atomic E-state index is -0.211. The number of thiophene rings is 1. The fourth-order valence-corrected chi connectivity index (χ4v) is 5.06. The third-order valence-corrected chi connectivity index (χ3v) is 7.15. The predicted molar refractivity (Wildman–Crippen MR) is 149 cm³/mol. The number of nitrogens with zero attached hydrogens (tertiary/aromatic N) is 2. The molecule has 2 heterocycles. The molecule has 1 aliphatic heterocycles. The van der Waals surface area contributed by atoms with E-state index in [0.717, 1.165) is 21.6 Å². The first kappa shape index (κ1) is 25.3. The smallest absolute Gasteiger partial charge is 0.254 e. The van der Waals surface area contributed by atoms with Gasteiger partial charge in [-0.25, -0.2) is 0 Å². The van der Waals surface area contributed by atoms with Crippen LogP contribution >= 0.6 is 11.3 Å². The molecule has 3 aromatic carbocycles. The van der Waals surface area contributed by atoms with E-state index in [1.54, 1.807) is 34.4 Å². The van der Waals surface area contributed by atoms with Crippen LogP contribution in [0.4, 0.5) is 0 Å². The summed E-state index contributed by atoms with van der Waals surface area (Å²) in [7, 11) is 0. The Balaban J connectivity index is 1.32. The van der Waals surface area contributed by atoms with Gasteiger partial charge in [-0.1, -0.05) is 60.7 Å². The number of fused-ring (bicyclic) bond motifs is 1. The number of rotatable bonds is 10. The van der Waals surface area contributed by atoms with E-state index >= 15 is 0 Å². The second-order valence-corrected chi connectivity index (χ2v) is 9.97. The summed E-state index contributed by atoms with van der Waals surface area (Å²) in [6, 6.07) is 27.1. The molecule has 0 unspecified atom stereocenters. The van der Waals surface area contributed by atoms with Gasteiger partial charge in [0.25, 0.3) is 5.91 Å². The number of benzene rings is 3. The second-order valence-electron chi connectivity index (χ2n) is 8.93. The number of carbonyl (C=O) groups excluding carboxylic acids is 2. The standard InChI is InChI=1S/C31H28N2O4S/c1-2-16-32(31(35)26-13-11-25(12-14-26)24-7-4-3-5-8-24)21-30(34)33(20-27-9-6-17-38-27)19-23-10-15-28-29(18-23)37-22-36-28/h2-15,17-18H,1,16,19-22H2. The number of ether oxygens (including phenoxy) is 2. The molecule has 2 amide bonds. The van der Waals surface area contributed by atoms with Crippen LogP contribution in [0.15, 0.2) is 103 Å². The van der Waals surface area contributed by atoms with E-state index in [9.17, 15) is 9.59 Å². The lowest BCUT2D eigenvalue weighted by molar-refractivity contribution is -0.133. The zero-order valence-electron chi connectivity index (χ0n) is 20.9. The van der Waals surface area contributed by atoms with Crippen LogP contribution in [0.5, 0.6) is 11.5 Å². The molecule has 192 valence electrons. The second kappa shape index (κ2) is 11.8. The lowest BCUT2D eigenvalue weighted by Gasteiger charge is -2.27. The topological polar surface area (TPSA) is 59.1 Å². The maximum absolute atomic E-state index is 13.6. The molecule has 0 spiro atoms. The fraction of sp³-hybridized carbons (Fsp3) is 0.161. The van der Waals surface area contributed by atoms with Gasteiger partial charge in [0.1, 0.15) is 6.54 Å². The van der Waals surface area contributed by atoms with Gasteiger partial charge in [-0.2, -0.15) is 0 Å². The summed E-state index contributed by atoms with van der Waals surface area (Å²) < 4.78 is 10.9. The molecule has 0 radical (unpaired) electrons. The quantitative estimate of drug-likeness (QED) is 0.239. The van der Waals surface area contributed by atoms with Crippen LogP contribution in [0.2, 0.25) is 0 Å². The molecule has 7 heteroatoms. The van der Waals surface area contributed by atoms with E-state index in [1.165, 1.54) is 4.90 Å². The Labute approximate surface area is 226 Å². The Morgan fingerprint density at radius 3 is 2.34 bits per heavy atom. The minimum absolute atomic E-state index is 0.0543. The first-order valence-electron chi connectivity index (χ1n) is 12.3. The van der Waals surface area contributed by atoms with E-state index < -0.39 is 0 Å². The Morgan fingerprint density at radius 2 is 1.61 bits per heavy atom. The fourth-order valence-electron chi connectivity index (χ4n) is 4.34. The zero-order chi connectivity index (χ0) is 26.3.